The predicted molar refractivity (Wildman–Crippen MR) is 65.4 cm³/mol. The van der Waals surface area contributed by atoms with Gasteiger partial charge in [0, 0.05) is 5.56 Å². The molecule has 17 heavy (non-hydrogen) atoms. The summed E-state index contributed by atoms with van der Waals surface area (Å²) in [6, 6.07) is 8.21. The first-order valence-corrected chi connectivity index (χ1v) is 5.83. The average Bonchev–Trinajstić information content (AvgIpc) is 2.87. The number of imidazole rings is 1. The van der Waals surface area contributed by atoms with Crippen LogP contribution in [0.15, 0.2) is 30.5 Å². The highest BCUT2D eigenvalue weighted by molar-refractivity contribution is 5.65. The summed E-state index contributed by atoms with van der Waals surface area (Å²) in [5.41, 5.74) is 8.76. The summed E-state index contributed by atoms with van der Waals surface area (Å²) in [4.78, 5) is 4.40. The Labute approximate surface area is 99.7 Å². The van der Waals surface area contributed by atoms with Crippen molar-refractivity contribution in [2.24, 2.45) is 5.73 Å². The van der Waals surface area contributed by atoms with Crippen molar-refractivity contribution in [2.45, 2.75) is 19.1 Å². The Morgan fingerprint density at radius 3 is 3.06 bits per heavy atom. The molecule has 0 bridgehead atoms. The molecule has 2 aromatic rings. The van der Waals surface area contributed by atoms with Crippen LogP contribution in [0.3, 0.4) is 0 Å². The van der Waals surface area contributed by atoms with Gasteiger partial charge in [0.05, 0.1) is 24.5 Å². The molecule has 3 rings (SSSR count). The number of nitrogens with zero attached hydrogens (tertiary/aromatic N) is 2. The summed E-state index contributed by atoms with van der Waals surface area (Å²) < 4.78 is 2.07. The average molecular weight is 229 g/mol. The maximum atomic E-state index is 10.0. The van der Waals surface area contributed by atoms with Gasteiger partial charge >= 0.3 is 0 Å². The number of aliphatic hydroxyl groups excluding tert-OH is 1. The second-order valence-electron chi connectivity index (χ2n) is 4.34. The minimum Gasteiger partial charge on any atom is -0.387 e. The number of aromatic nitrogens is 2. The van der Waals surface area contributed by atoms with Gasteiger partial charge in [0.25, 0.3) is 0 Å². The third-order valence-corrected chi connectivity index (χ3v) is 3.25. The van der Waals surface area contributed by atoms with Crippen molar-refractivity contribution in [3.05, 3.63) is 41.7 Å². The summed E-state index contributed by atoms with van der Waals surface area (Å²) in [5, 5.41) is 10.0. The quantitative estimate of drug-likeness (QED) is 0.711. The molecule has 0 saturated heterocycles. The first-order valence-electron chi connectivity index (χ1n) is 5.83. The Kier molecular flexibility index (Phi) is 2.46. The predicted octanol–water partition coefficient (Wildman–Crippen LogP) is 1.29. The van der Waals surface area contributed by atoms with E-state index in [0.29, 0.717) is 13.0 Å². The molecular formula is C13H15N3O. The van der Waals surface area contributed by atoms with Gasteiger partial charge in [-0.05, 0) is 18.5 Å². The van der Waals surface area contributed by atoms with Crippen molar-refractivity contribution in [3.8, 4) is 11.4 Å². The Hall–Kier alpha value is -1.65. The third-order valence-electron chi connectivity index (χ3n) is 3.25. The number of hydrogen-bond acceptors (Lipinski definition) is 3. The molecule has 0 radical (unpaired) electrons. The lowest BCUT2D eigenvalue weighted by Gasteiger charge is -2.10. The van der Waals surface area contributed by atoms with Gasteiger partial charge in [-0.25, -0.2) is 4.98 Å². The largest absolute Gasteiger partial charge is 0.387 e. The van der Waals surface area contributed by atoms with Crippen LogP contribution in [0.2, 0.25) is 0 Å². The zero-order chi connectivity index (χ0) is 11.8. The summed E-state index contributed by atoms with van der Waals surface area (Å²) in [5.74, 6) is 0.951. The zero-order valence-electron chi connectivity index (χ0n) is 9.50. The number of benzene rings is 1. The van der Waals surface area contributed by atoms with Gasteiger partial charge in [0.2, 0.25) is 0 Å². The second kappa shape index (κ2) is 3.98. The number of nitrogens with two attached hydrogens (primary N) is 1. The lowest BCUT2D eigenvalue weighted by Crippen LogP contribution is -2.10. The fraction of sp³-hybridized carbons (Fsp3) is 0.308. The first kappa shape index (κ1) is 10.5. The zero-order valence-corrected chi connectivity index (χ0v) is 9.50. The van der Waals surface area contributed by atoms with Crippen molar-refractivity contribution in [1.82, 2.24) is 9.55 Å². The molecule has 1 aliphatic rings. The van der Waals surface area contributed by atoms with E-state index in [2.05, 4.69) is 21.7 Å². The number of aliphatic hydroxyl groups is 1. The van der Waals surface area contributed by atoms with E-state index in [1.165, 1.54) is 11.1 Å². The molecule has 4 heteroatoms. The molecule has 1 aliphatic heterocycles. The van der Waals surface area contributed by atoms with Crippen LogP contribution in [-0.4, -0.2) is 21.2 Å². The van der Waals surface area contributed by atoms with E-state index >= 15 is 0 Å². The maximum absolute atomic E-state index is 10.0. The first-order chi connectivity index (χ1) is 8.31. The maximum Gasteiger partial charge on any atom is 0.140 e. The van der Waals surface area contributed by atoms with Crippen LogP contribution in [0, 0.1) is 0 Å². The molecule has 1 aromatic carbocycles. The van der Waals surface area contributed by atoms with Gasteiger partial charge in [0.15, 0.2) is 0 Å². The minimum atomic E-state index is -0.518. The number of rotatable bonds is 3. The molecule has 88 valence electrons. The van der Waals surface area contributed by atoms with E-state index in [9.17, 15) is 5.11 Å². The molecule has 0 aliphatic carbocycles. The normalized spacial score (nSPS) is 14.5. The number of hydrogen-bond donors (Lipinski definition) is 2. The van der Waals surface area contributed by atoms with E-state index in [1.54, 1.807) is 6.20 Å². The van der Waals surface area contributed by atoms with Crippen molar-refractivity contribution in [1.29, 1.82) is 0 Å². The van der Waals surface area contributed by atoms with Crippen molar-refractivity contribution in [3.63, 3.8) is 0 Å². The highest BCUT2D eigenvalue weighted by atomic mass is 16.3. The molecule has 0 saturated carbocycles. The fourth-order valence-corrected chi connectivity index (χ4v) is 2.39. The van der Waals surface area contributed by atoms with Crippen LogP contribution in [0.4, 0.5) is 0 Å². The van der Waals surface area contributed by atoms with Gasteiger partial charge in [0.1, 0.15) is 5.82 Å². The van der Waals surface area contributed by atoms with Gasteiger partial charge in [-0.1, -0.05) is 24.3 Å². The summed E-state index contributed by atoms with van der Waals surface area (Å²) in [6.45, 7) is 1.27. The van der Waals surface area contributed by atoms with Gasteiger partial charge in [-0.2, -0.15) is 0 Å². The van der Waals surface area contributed by atoms with Crippen LogP contribution in [0.5, 0.6) is 0 Å². The summed E-state index contributed by atoms with van der Waals surface area (Å²) in [7, 11) is 0. The molecule has 3 N–H and O–H groups in total. The molecule has 0 amide bonds. The highest BCUT2D eigenvalue weighted by Crippen LogP contribution is 2.33. The fourth-order valence-electron chi connectivity index (χ4n) is 2.39. The second-order valence-corrected chi connectivity index (χ2v) is 4.34. The lowest BCUT2D eigenvalue weighted by molar-refractivity contribution is 0.161. The van der Waals surface area contributed by atoms with E-state index in [1.807, 2.05) is 12.1 Å². The minimum absolute atomic E-state index is 0.481. The summed E-state index contributed by atoms with van der Waals surface area (Å²) in [6.07, 6.45) is 1.81. The van der Waals surface area contributed by atoms with Crippen LogP contribution < -0.4 is 5.73 Å². The van der Waals surface area contributed by atoms with Crippen LogP contribution in [0.25, 0.3) is 11.4 Å². The van der Waals surface area contributed by atoms with Crippen LogP contribution >= 0.6 is 0 Å². The van der Waals surface area contributed by atoms with Gasteiger partial charge in [-0.15, -0.1) is 0 Å². The Bertz CT molecular complexity index is 547. The summed E-state index contributed by atoms with van der Waals surface area (Å²) >= 11 is 0. The van der Waals surface area contributed by atoms with Crippen LogP contribution in [0.1, 0.15) is 23.8 Å². The van der Waals surface area contributed by atoms with E-state index in [0.717, 1.165) is 18.1 Å². The molecular weight excluding hydrogens is 214 g/mol. The molecule has 4 nitrogen and oxygen atoms in total. The highest BCUT2D eigenvalue weighted by Gasteiger charge is 2.24. The van der Waals surface area contributed by atoms with E-state index in [-0.39, 0.29) is 0 Å². The Morgan fingerprint density at radius 1 is 1.41 bits per heavy atom. The monoisotopic (exact) mass is 229 g/mol. The standard InChI is InChI=1S/C13H15N3O/c14-6-5-12(17)11-7-15-13-10-4-2-1-3-9(10)8-16(11)13/h1-4,7,12,17H,5-6,8,14H2. The number of fused-ring (bicyclic) bond motifs is 3. The van der Waals surface area contributed by atoms with Crippen LogP contribution in [-0.2, 0) is 6.54 Å². The molecule has 2 heterocycles. The molecule has 0 spiro atoms. The Balaban J connectivity index is 2.02. The topological polar surface area (TPSA) is 64.1 Å². The molecule has 1 atom stereocenters. The lowest BCUT2D eigenvalue weighted by atomic mass is 10.1. The van der Waals surface area contributed by atoms with E-state index < -0.39 is 6.10 Å². The molecule has 1 aromatic heterocycles. The Morgan fingerprint density at radius 2 is 2.24 bits per heavy atom. The molecule has 1 unspecified atom stereocenters. The molecule has 0 fully saturated rings. The van der Waals surface area contributed by atoms with Crippen molar-refractivity contribution < 1.29 is 5.11 Å². The van der Waals surface area contributed by atoms with Gasteiger partial charge < -0.3 is 15.4 Å². The van der Waals surface area contributed by atoms with Gasteiger partial charge in [-0.3, -0.25) is 0 Å². The van der Waals surface area contributed by atoms with Crippen molar-refractivity contribution >= 4 is 0 Å². The van der Waals surface area contributed by atoms with Crippen molar-refractivity contribution in [2.75, 3.05) is 6.54 Å². The SMILES string of the molecule is NCCC(O)c1cnc2n1Cc1ccccc1-2. The smallest absolute Gasteiger partial charge is 0.140 e. The third kappa shape index (κ3) is 1.57. The van der Waals surface area contributed by atoms with E-state index in [4.69, 9.17) is 5.73 Å².